The van der Waals surface area contributed by atoms with Crippen LogP contribution in [0.3, 0.4) is 0 Å². The summed E-state index contributed by atoms with van der Waals surface area (Å²) in [5.74, 6) is 0.277. The molecule has 0 spiro atoms. The van der Waals surface area contributed by atoms with Crippen molar-refractivity contribution in [3.05, 3.63) is 81.6 Å². The molecule has 0 unspecified atom stereocenters. The van der Waals surface area contributed by atoms with Crippen LogP contribution in [-0.2, 0) is 13.1 Å². The zero-order valence-electron chi connectivity index (χ0n) is 18.2. The Bertz CT molecular complexity index is 1290. The Morgan fingerprint density at radius 1 is 1.09 bits per heavy atom. The van der Waals surface area contributed by atoms with Crippen molar-refractivity contribution in [3.8, 4) is 22.8 Å². The number of ether oxygens (including phenoxy) is 2. The highest BCUT2D eigenvalue weighted by atomic mass is 32.1. The third-order valence-electron chi connectivity index (χ3n) is 4.94. The minimum Gasteiger partial charge on any atom is -0.490 e. The summed E-state index contributed by atoms with van der Waals surface area (Å²) in [6.07, 6.45) is 0. The van der Waals surface area contributed by atoms with Crippen LogP contribution < -0.4 is 15.0 Å². The molecule has 0 aliphatic heterocycles. The van der Waals surface area contributed by atoms with Gasteiger partial charge in [0.15, 0.2) is 16.5 Å². The fraction of sp³-hybridized carbons (Fsp3) is 0.250. The van der Waals surface area contributed by atoms with Crippen LogP contribution in [0.4, 0.5) is 8.78 Å². The lowest BCUT2D eigenvalue weighted by Crippen LogP contribution is -2.21. The molecule has 0 bridgehead atoms. The first-order valence-corrected chi connectivity index (χ1v) is 11.3. The Balaban J connectivity index is 1.52. The van der Waals surface area contributed by atoms with E-state index in [-0.39, 0.29) is 17.1 Å². The van der Waals surface area contributed by atoms with Crippen LogP contribution in [0.2, 0.25) is 0 Å². The summed E-state index contributed by atoms with van der Waals surface area (Å²) in [5, 5.41) is 1.94. The van der Waals surface area contributed by atoms with E-state index in [1.165, 1.54) is 17.4 Å². The van der Waals surface area contributed by atoms with Crippen molar-refractivity contribution in [2.75, 3.05) is 13.7 Å². The molecule has 33 heavy (non-hydrogen) atoms. The monoisotopic (exact) mass is 471 g/mol. The average molecular weight is 472 g/mol. The molecule has 2 aromatic carbocycles. The first kappa shape index (κ1) is 22.9. The quantitative estimate of drug-likeness (QED) is 0.342. The molecule has 0 atom stereocenters. The van der Waals surface area contributed by atoms with E-state index >= 15 is 0 Å². The number of alkyl halides is 2. The number of thiazole rings is 1. The Morgan fingerprint density at radius 3 is 2.61 bits per heavy atom. The van der Waals surface area contributed by atoms with Gasteiger partial charge in [-0.2, -0.15) is 8.78 Å². The van der Waals surface area contributed by atoms with Gasteiger partial charge in [-0.15, -0.1) is 11.3 Å². The van der Waals surface area contributed by atoms with Crippen molar-refractivity contribution in [3.63, 3.8) is 0 Å². The van der Waals surface area contributed by atoms with Crippen LogP contribution in [0.5, 0.6) is 11.5 Å². The van der Waals surface area contributed by atoms with Crippen molar-refractivity contribution in [2.45, 2.75) is 26.6 Å². The van der Waals surface area contributed by atoms with Crippen LogP contribution >= 0.6 is 11.3 Å². The highest BCUT2D eigenvalue weighted by molar-refractivity contribution is 7.15. The van der Waals surface area contributed by atoms with Gasteiger partial charge in [-0.25, -0.2) is 4.98 Å². The molecule has 0 saturated carbocycles. The van der Waals surface area contributed by atoms with Gasteiger partial charge in [0.05, 0.1) is 18.0 Å². The maximum atomic E-state index is 12.9. The lowest BCUT2D eigenvalue weighted by Gasteiger charge is -2.18. The minimum atomic E-state index is -2.92. The number of rotatable bonds is 9. The molecule has 4 rings (SSSR count). The zero-order chi connectivity index (χ0) is 23.4. The zero-order valence-corrected chi connectivity index (χ0v) is 19.0. The highest BCUT2D eigenvalue weighted by Crippen LogP contribution is 2.30. The summed E-state index contributed by atoms with van der Waals surface area (Å²) in [4.78, 5) is 20.2. The molecule has 2 heterocycles. The summed E-state index contributed by atoms with van der Waals surface area (Å²) in [6.45, 7) is 0.147. The number of hydrogen-bond donors (Lipinski definition) is 0. The summed E-state index contributed by atoms with van der Waals surface area (Å²) in [7, 11) is 1.90. The van der Waals surface area contributed by atoms with Crippen LogP contribution in [0.25, 0.3) is 16.2 Å². The highest BCUT2D eigenvalue weighted by Gasteiger charge is 2.14. The SMILES string of the molecule is CCOc1cc(CN(C)Cc2cc(=O)n3c(-c4ccccc4)csc3n2)ccc1OC(F)F. The van der Waals surface area contributed by atoms with Crippen LogP contribution in [0.1, 0.15) is 18.2 Å². The molecule has 0 aliphatic carbocycles. The van der Waals surface area contributed by atoms with E-state index in [0.717, 1.165) is 16.8 Å². The van der Waals surface area contributed by atoms with Gasteiger partial charge in [-0.05, 0) is 37.2 Å². The predicted octanol–water partition coefficient (Wildman–Crippen LogP) is 5.06. The average Bonchev–Trinajstić information content (AvgIpc) is 3.20. The third-order valence-corrected chi connectivity index (χ3v) is 5.76. The second kappa shape index (κ2) is 10.1. The van der Waals surface area contributed by atoms with Crippen molar-refractivity contribution in [1.82, 2.24) is 14.3 Å². The Kier molecular flexibility index (Phi) is 7.00. The number of aromatic nitrogens is 2. The summed E-state index contributed by atoms with van der Waals surface area (Å²) in [6, 6.07) is 16.2. The van der Waals surface area contributed by atoms with Crippen LogP contribution in [0, 0.1) is 0 Å². The maximum Gasteiger partial charge on any atom is 0.387 e. The van der Waals surface area contributed by atoms with Gasteiger partial charge in [-0.3, -0.25) is 14.1 Å². The molecular formula is C24H23F2N3O3S. The summed E-state index contributed by atoms with van der Waals surface area (Å²) >= 11 is 1.42. The van der Waals surface area contributed by atoms with Gasteiger partial charge >= 0.3 is 6.61 Å². The molecular weight excluding hydrogens is 448 g/mol. The largest absolute Gasteiger partial charge is 0.490 e. The second-order valence-corrected chi connectivity index (χ2v) is 8.29. The molecule has 2 aromatic heterocycles. The van der Waals surface area contributed by atoms with E-state index in [9.17, 15) is 13.6 Å². The minimum absolute atomic E-state index is 0.00492. The van der Waals surface area contributed by atoms with Crippen molar-refractivity contribution >= 4 is 16.3 Å². The lowest BCUT2D eigenvalue weighted by atomic mass is 10.2. The van der Waals surface area contributed by atoms with E-state index in [1.807, 2.05) is 47.7 Å². The molecule has 6 nitrogen and oxygen atoms in total. The molecule has 0 aliphatic rings. The number of nitrogens with zero attached hydrogens (tertiary/aromatic N) is 3. The molecule has 0 radical (unpaired) electrons. The number of hydrogen-bond acceptors (Lipinski definition) is 6. The van der Waals surface area contributed by atoms with Crippen LogP contribution in [-0.4, -0.2) is 34.6 Å². The number of fused-ring (bicyclic) bond motifs is 1. The van der Waals surface area contributed by atoms with Crippen molar-refractivity contribution in [1.29, 1.82) is 0 Å². The fourth-order valence-electron chi connectivity index (χ4n) is 3.61. The molecule has 9 heteroatoms. The van der Waals surface area contributed by atoms with E-state index in [1.54, 1.807) is 29.5 Å². The third kappa shape index (κ3) is 5.37. The molecule has 0 fully saturated rings. The normalized spacial score (nSPS) is 11.5. The second-order valence-electron chi connectivity index (χ2n) is 7.46. The van der Waals surface area contributed by atoms with E-state index in [2.05, 4.69) is 9.72 Å². The van der Waals surface area contributed by atoms with Crippen molar-refractivity contribution in [2.24, 2.45) is 0 Å². The first-order valence-electron chi connectivity index (χ1n) is 10.4. The molecule has 0 N–H and O–H groups in total. The topological polar surface area (TPSA) is 56.1 Å². The molecule has 0 saturated heterocycles. The summed E-state index contributed by atoms with van der Waals surface area (Å²) in [5.41, 5.74) is 3.18. The van der Waals surface area contributed by atoms with Gasteiger partial charge in [0.2, 0.25) is 0 Å². The standard InChI is InChI=1S/C24H23F2N3O3S/c1-3-31-21-11-16(9-10-20(21)32-23(25)26)13-28(2)14-18-12-22(30)29-19(15-33-24(29)27-18)17-7-5-4-6-8-17/h4-12,15,23H,3,13-14H2,1-2H3. The number of halogens is 2. The summed E-state index contributed by atoms with van der Waals surface area (Å²) < 4.78 is 36.8. The van der Waals surface area contributed by atoms with E-state index < -0.39 is 6.61 Å². The lowest BCUT2D eigenvalue weighted by molar-refractivity contribution is -0.0514. The number of benzene rings is 2. The van der Waals surface area contributed by atoms with Gasteiger partial charge < -0.3 is 9.47 Å². The Morgan fingerprint density at radius 2 is 1.88 bits per heavy atom. The Hall–Kier alpha value is -3.30. The van der Waals surface area contributed by atoms with Gasteiger partial charge in [0.25, 0.3) is 5.56 Å². The van der Waals surface area contributed by atoms with Gasteiger partial charge in [-0.1, -0.05) is 36.4 Å². The van der Waals surface area contributed by atoms with E-state index in [4.69, 9.17) is 4.74 Å². The fourth-order valence-corrected chi connectivity index (χ4v) is 4.53. The van der Waals surface area contributed by atoms with Gasteiger partial charge in [0, 0.05) is 24.5 Å². The molecule has 172 valence electrons. The smallest absolute Gasteiger partial charge is 0.387 e. The van der Waals surface area contributed by atoms with E-state index in [0.29, 0.717) is 30.4 Å². The van der Waals surface area contributed by atoms with Gasteiger partial charge in [0.1, 0.15) is 0 Å². The molecule has 0 amide bonds. The molecule has 4 aromatic rings. The van der Waals surface area contributed by atoms with Crippen molar-refractivity contribution < 1.29 is 18.3 Å². The maximum absolute atomic E-state index is 12.9. The van der Waals surface area contributed by atoms with Crippen LogP contribution in [0.15, 0.2) is 64.8 Å². The predicted molar refractivity (Wildman–Crippen MR) is 124 cm³/mol. The first-order chi connectivity index (χ1) is 15.9. The Labute approximate surface area is 193 Å².